The standard InChI is InChI=1S/C39H44N8O7/c1-4-9-35(49)44-30-11-6-13-32(42-30)46-38(52)26-21-27(39(53)47-33-14-7-12-31(43-33)45-36(50)10-5-2)23-29(22-26)54-24-25-17-19-28(20-18-25)41-37(51)16-8-15-34(48)40-3/h6-7,11-14,17-23H,4-5,8-10,15-16,24H2,1-3H3,(H,40,48)(H,41,51)(H2,42,44,46,49,52)(H2,43,45,47,50,53). The number of benzene rings is 2. The molecular formula is C39H44N8O7. The van der Waals surface area contributed by atoms with E-state index in [-0.39, 0.29) is 83.2 Å². The van der Waals surface area contributed by atoms with E-state index < -0.39 is 11.8 Å². The Hall–Kier alpha value is -6.64. The third-order valence-corrected chi connectivity index (χ3v) is 7.63. The highest BCUT2D eigenvalue weighted by Gasteiger charge is 2.17. The predicted octanol–water partition coefficient (Wildman–Crippen LogP) is 5.89. The highest BCUT2D eigenvalue weighted by molar-refractivity contribution is 6.09. The molecular weight excluding hydrogens is 692 g/mol. The van der Waals surface area contributed by atoms with Crippen LogP contribution in [0.5, 0.6) is 5.75 Å². The SMILES string of the molecule is CCCC(=O)Nc1cccc(NC(=O)c2cc(OCc3ccc(NC(=O)CCCC(=O)NC)cc3)cc(C(=O)Nc3cccc(NC(=O)CCC)n3)c2)n1. The molecule has 0 aliphatic rings. The summed E-state index contributed by atoms with van der Waals surface area (Å²) in [5.74, 6) is -0.810. The highest BCUT2D eigenvalue weighted by Crippen LogP contribution is 2.22. The molecule has 0 saturated carbocycles. The summed E-state index contributed by atoms with van der Waals surface area (Å²) in [5, 5.41) is 16.1. The molecule has 0 saturated heterocycles. The summed E-state index contributed by atoms with van der Waals surface area (Å²) in [4.78, 5) is 83.5. The molecule has 2 aromatic carbocycles. The summed E-state index contributed by atoms with van der Waals surface area (Å²) in [7, 11) is 1.55. The van der Waals surface area contributed by atoms with E-state index in [4.69, 9.17) is 4.74 Å². The van der Waals surface area contributed by atoms with Gasteiger partial charge in [0.15, 0.2) is 0 Å². The number of rotatable bonds is 18. The maximum atomic E-state index is 13.5. The molecule has 4 aromatic rings. The zero-order valence-electron chi connectivity index (χ0n) is 30.4. The second kappa shape index (κ2) is 20.4. The lowest BCUT2D eigenvalue weighted by atomic mass is 10.1. The summed E-state index contributed by atoms with van der Waals surface area (Å²) < 4.78 is 6.04. The highest BCUT2D eigenvalue weighted by atomic mass is 16.5. The number of hydrogen-bond donors (Lipinski definition) is 6. The van der Waals surface area contributed by atoms with E-state index in [1.165, 1.54) is 18.2 Å². The lowest BCUT2D eigenvalue weighted by Crippen LogP contribution is -2.18. The fraction of sp³-hybridized carbons (Fsp3) is 0.282. The number of pyridine rings is 2. The summed E-state index contributed by atoms with van der Waals surface area (Å²) in [6.07, 6.45) is 2.87. The Morgan fingerprint density at radius 3 is 1.50 bits per heavy atom. The van der Waals surface area contributed by atoms with Crippen molar-refractivity contribution < 1.29 is 33.5 Å². The first-order valence-electron chi connectivity index (χ1n) is 17.6. The van der Waals surface area contributed by atoms with Gasteiger partial charge in [-0.15, -0.1) is 0 Å². The average Bonchev–Trinajstić information content (AvgIpc) is 3.14. The normalized spacial score (nSPS) is 10.4. The first kappa shape index (κ1) is 40.1. The van der Waals surface area contributed by atoms with Crippen molar-refractivity contribution in [2.75, 3.05) is 33.6 Å². The third kappa shape index (κ3) is 13.2. The Morgan fingerprint density at radius 1 is 0.556 bits per heavy atom. The van der Waals surface area contributed by atoms with Crippen LogP contribution in [0.4, 0.5) is 29.0 Å². The van der Waals surface area contributed by atoms with Crippen LogP contribution < -0.4 is 36.6 Å². The van der Waals surface area contributed by atoms with Gasteiger partial charge in [0.1, 0.15) is 35.6 Å². The molecule has 282 valence electrons. The molecule has 0 radical (unpaired) electrons. The van der Waals surface area contributed by atoms with Crippen LogP contribution in [0.15, 0.2) is 78.9 Å². The first-order valence-corrected chi connectivity index (χ1v) is 17.6. The van der Waals surface area contributed by atoms with Crippen LogP contribution in [0.1, 0.15) is 85.1 Å². The number of nitrogens with one attached hydrogen (secondary N) is 6. The van der Waals surface area contributed by atoms with Crippen molar-refractivity contribution in [1.82, 2.24) is 15.3 Å². The van der Waals surface area contributed by atoms with Gasteiger partial charge in [-0.2, -0.15) is 0 Å². The van der Waals surface area contributed by atoms with E-state index in [1.807, 2.05) is 13.8 Å². The largest absolute Gasteiger partial charge is 0.489 e. The molecule has 0 atom stereocenters. The summed E-state index contributed by atoms with van der Waals surface area (Å²) >= 11 is 0. The van der Waals surface area contributed by atoms with Crippen molar-refractivity contribution >= 4 is 64.4 Å². The van der Waals surface area contributed by atoms with Gasteiger partial charge in [0, 0.05) is 49.5 Å². The summed E-state index contributed by atoms with van der Waals surface area (Å²) in [6, 6.07) is 20.9. The van der Waals surface area contributed by atoms with Crippen molar-refractivity contribution in [2.24, 2.45) is 0 Å². The van der Waals surface area contributed by atoms with Crippen LogP contribution in [0, 0.1) is 0 Å². The minimum absolute atomic E-state index is 0.0641. The molecule has 0 spiro atoms. The molecule has 2 aromatic heterocycles. The van der Waals surface area contributed by atoms with Crippen LogP contribution in [0.3, 0.4) is 0 Å². The van der Waals surface area contributed by atoms with Crippen LogP contribution in [0.2, 0.25) is 0 Å². The number of ether oxygens (including phenoxy) is 1. The maximum absolute atomic E-state index is 13.5. The number of carbonyl (C=O) groups is 6. The number of aromatic nitrogens is 2. The zero-order valence-corrected chi connectivity index (χ0v) is 30.4. The molecule has 6 N–H and O–H groups in total. The molecule has 2 heterocycles. The number of hydrogen-bond acceptors (Lipinski definition) is 9. The molecule has 15 nitrogen and oxygen atoms in total. The van der Waals surface area contributed by atoms with Crippen molar-refractivity contribution in [1.29, 1.82) is 0 Å². The molecule has 15 heteroatoms. The van der Waals surface area contributed by atoms with Crippen LogP contribution >= 0.6 is 0 Å². The molecule has 54 heavy (non-hydrogen) atoms. The van der Waals surface area contributed by atoms with Crippen molar-refractivity contribution in [3.05, 3.63) is 95.6 Å². The average molecular weight is 737 g/mol. The monoisotopic (exact) mass is 736 g/mol. The van der Waals surface area contributed by atoms with Gasteiger partial charge >= 0.3 is 0 Å². The van der Waals surface area contributed by atoms with Crippen molar-refractivity contribution in [3.63, 3.8) is 0 Å². The minimum Gasteiger partial charge on any atom is -0.489 e. The summed E-state index contributed by atoms with van der Waals surface area (Å²) in [5.41, 5.74) is 1.49. The van der Waals surface area contributed by atoms with Crippen LogP contribution in [-0.4, -0.2) is 52.5 Å². The minimum atomic E-state index is -0.590. The predicted molar refractivity (Wildman–Crippen MR) is 205 cm³/mol. The lowest BCUT2D eigenvalue weighted by Gasteiger charge is -2.13. The third-order valence-electron chi connectivity index (χ3n) is 7.63. The Balaban J connectivity index is 1.51. The van der Waals surface area contributed by atoms with Crippen molar-refractivity contribution in [3.8, 4) is 5.75 Å². The van der Waals surface area contributed by atoms with Gasteiger partial charge < -0.3 is 36.6 Å². The second-order valence-electron chi connectivity index (χ2n) is 12.1. The van der Waals surface area contributed by atoms with E-state index in [2.05, 4.69) is 41.9 Å². The molecule has 0 aliphatic heterocycles. The second-order valence-corrected chi connectivity index (χ2v) is 12.1. The number of carbonyl (C=O) groups excluding carboxylic acids is 6. The maximum Gasteiger partial charge on any atom is 0.256 e. The van der Waals surface area contributed by atoms with E-state index >= 15 is 0 Å². The van der Waals surface area contributed by atoms with Gasteiger partial charge in [0.2, 0.25) is 23.6 Å². The van der Waals surface area contributed by atoms with Gasteiger partial charge in [0.25, 0.3) is 11.8 Å². The lowest BCUT2D eigenvalue weighted by molar-refractivity contribution is -0.121. The zero-order chi connectivity index (χ0) is 38.9. The van der Waals surface area contributed by atoms with Gasteiger partial charge in [-0.1, -0.05) is 38.1 Å². The van der Waals surface area contributed by atoms with Gasteiger partial charge in [-0.25, -0.2) is 9.97 Å². The van der Waals surface area contributed by atoms with Crippen LogP contribution in [0.25, 0.3) is 0 Å². The smallest absolute Gasteiger partial charge is 0.256 e. The number of amides is 6. The Morgan fingerprint density at radius 2 is 1.02 bits per heavy atom. The van der Waals surface area contributed by atoms with Gasteiger partial charge in [0.05, 0.1) is 0 Å². The Kier molecular flexibility index (Phi) is 15.2. The van der Waals surface area contributed by atoms with Crippen LogP contribution in [-0.2, 0) is 25.8 Å². The Labute approximate surface area is 313 Å². The number of nitrogens with zero attached hydrogens (tertiary/aromatic N) is 2. The Bertz CT molecular complexity index is 1870. The quantitative estimate of drug-likeness (QED) is 0.0718. The fourth-order valence-electron chi connectivity index (χ4n) is 4.94. The van der Waals surface area contributed by atoms with Gasteiger partial charge in [-0.3, -0.25) is 28.8 Å². The van der Waals surface area contributed by atoms with E-state index in [1.54, 1.807) is 67.7 Å². The molecule has 0 unspecified atom stereocenters. The first-order chi connectivity index (χ1) is 26.0. The van der Waals surface area contributed by atoms with E-state index in [0.29, 0.717) is 37.8 Å². The molecule has 4 rings (SSSR count). The number of anilines is 5. The molecule has 0 aliphatic carbocycles. The van der Waals surface area contributed by atoms with E-state index in [0.717, 1.165) is 5.56 Å². The molecule has 0 bridgehead atoms. The molecule has 6 amide bonds. The fourth-order valence-corrected chi connectivity index (χ4v) is 4.94. The summed E-state index contributed by atoms with van der Waals surface area (Å²) in [6.45, 7) is 3.84. The van der Waals surface area contributed by atoms with E-state index in [9.17, 15) is 28.8 Å². The van der Waals surface area contributed by atoms with Crippen molar-refractivity contribution in [2.45, 2.75) is 65.4 Å². The van der Waals surface area contributed by atoms with Gasteiger partial charge in [-0.05, 0) is 79.4 Å². The molecule has 0 fully saturated rings. The topological polar surface area (TPSA) is 210 Å².